The van der Waals surface area contributed by atoms with Crippen LogP contribution in [0, 0.1) is 0 Å². The highest BCUT2D eigenvalue weighted by Crippen LogP contribution is 2.15. The summed E-state index contributed by atoms with van der Waals surface area (Å²) in [4.78, 5) is 2.24. The number of alkyl halides is 1. The summed E-state index contributed by atoms with van der Waals surface area (Å²) in [6, 6.07) is 0.615. The standard InChI is InChI=1S/C8H16FN/c1-8-4-2-3-6-10(8)7-5-9/h8H,2-7H2,1H3/t8-/m0/s1. The molecule has 1 fully saturated rings. The minimum atomic E-state index is -0.190. The van der Waals surface area contributed by atoms with Gasteiger partial charge in [0.2, 0.25) is 0 Å². The predicted octanol–water partition coefficient (Wildman–Crippen LogP) is 1.83. The molecule has 1 rings (SSSR count). The molecule has 0 aliphatic carbocycles. The molecule has 1 atom stereocenters. The molecule has 0 saturated carbocycles. The van der Waals surface area contributed by atoms with E-state index in [0.717, 1.165) is 6.54 Å². The van der Waals surface area contributed by atoms with Gasteiger partial charge in [-0.05, 0) is 26.3 Å². The van der Waals surface area contributed by atoms with Crippen LogP contribution < -0.4 is 0 Å². The summed E-state index contributed by atoms with van der Waals surface area (Å²) >= 11 is 0. The monoisotopic (exact) mass is 145 g/mol. The van der Waals surface area contributed by atoms with Crippen molar-refractivity contribution in [2.75, 3.05) is 19.8 Å². The van der Waals surface area contributed by atoms with Gasteiger partial charge in [-0.2, -0.15) is 0 Å². The van der Waals surface area contributed by atoms with Gasteiger partial charge in [-0.25, -0.2) is 4.39 Å². The lowest BCUT2D eigenvalue weighted by Gasteiger charge is -2.32. The molecule has 1 saturated heterocycles. The third-order valence-electron chi connectivity index (χ3n) is 2.31. The molecule has 1 heterocycles. The van der Waals surface area contributed by atoms with Crippen LogP contribution in [0.15, 0.2) is 0 Å². The van der Waals surface area contributed by atoms with Crippen LogP contribution in [0.4, 0.5) is 4.39 Å². The Morgan fingerprint density at radius 1 is 1.50 bits per heavy atom. The lowest BCUT2D eigenvalue weighted by molar-refractivity contribution is 0.149. The van der Waals surface area contributed by atoms with Gasteiger partial charge in [0.25, 0.3) is 0 Å². The third-order valence-corrected chi connectivity index (χ3v) is 2.31. The Hall–Kier alpha value is -0.110. The molecule has 0 spiro atoms. The van der Waals surface area contributed by atoms with Gasteiger partial charge in [0, 0.05) is 12.6 Å². The fourth-order valence-corrected chi connectivity index (χ4v) is 1.60. The Balaban J connectivity index is 2.25. The molecule has 1 nitrogen and oxygen atoms in total. The van der Waals surface area contributed by atoms with Crippen molar-refractivity contribution < 1.29 is 4.39 Å². The van der Waals surface area contributed by atoms with E-state index in [1.54, 1.807) is 0 Å². The van der Waals surface area contributed by atoms with Crippen LogP contribution in [0.1, 0.15) is 26.2 Å². The van der Waals surface area contributed by atoms with Crippen molar-refractivity contribution >= 4 is 0 Å². The third kappa shape index (κ3) is 1.94. The number of hydrogen-bond donors (Lipinski definition) is 0. The molecule has 60 valence electrons. The van der Waals surface area contributed by atoms with Gasteiger partial charge in [-0.15, -0.1) is 0 Å². The molecule has 2 heteroatoms. The number of likely N-dealkylation sites (tertiary alicyclic amines) is 1. The van der Waals surface area contributed by atoms with Crippen LogP contribution in [-0.2, 0) is 0 Å². The summed E-state index contributed by atoms with van der Waals surface area (Å²) < 4.78 is 11.9. The first-order chi connectivity index (χ1) is 4.84. The van der Waals surface area contributed by atoms with E-state index in [2.05, 4.69) is 11.8 Å². The van der Waals surface area contributed by atoms with Gasteiger partial charge < -0.3 is 0 Å². The fourth-order valence-electron chi connectivity index (χ4n) is 1.60. The number of hydrogen-bond acceptors (Lipinski definition) is 1. The van der Waals surface area contributed by atoms with Crippen LogP contribution in [0.5, 0.6) is 0 Å². The maximum atomic E-state index is 11.9. The zero-order chi connectivity index (χ0) is 7.40. The lowest BCUT2D eigenvalue weighted by atomic mass is 10.0. The zero-order valence-corrected chi connectivity index (χ0v) is 6.65. The number of nitrogens with zero attached hydrogens (tertiary/aromatic N) is 1. The van der Waals surface area contributed by atoms with Crippen molar-refractivity contribution in [1.29, 1.82) is 0 Å². The molecule has 0 bridgehead atoms. The van der Waals surface area contributed by atoms with Crippen molar-refractivity contribution in [2.45, 2.75) is 32.2 Å². The molecule has 10 heavy (non-hydrogen) atoms. The average molecular weight is 145 g/mol. The second-order valence-corrected chi connectivity index (χ2v) is 3.07. The molecule has 1 aliphatic heterocycles. The summed E-state index contributed by atoms with van der Waals surface area (Å²) in [5.41, 5.74) is 0. The Morgan fingerprint density at radius 3 is 2.90 bits per heavy atom. The summed E-state index contributed by atoms with van der Waals surface area (Å²) in [5.74, 6) is 0. The predicted molar refractivity (Wildman–Crippen MR) is 40.9 cm³/mol. The SMILES string of the molecule is C[C@H]1CCCCN1CCF. The normalized spacial score (nSPS) is 28.8. The van der Waals surface area contributed by atoms with E-state index >= 15 is 0 Å². The largest absolute Gasteiger partial charge is 0.298 e. The molecular weight excluding hydrogens is 129 g/mol. The highest BCUT2D eigenvalue weighted by molar-refractivity contribution is 4.72. The fraction of sp³-hybridized carbons (Fsp3) is 1.00. The Morgan fingerprint density at radius 2 is 2.30 bits per heavy atom. The minimum absolute atomic E-state index is 0.190. The smallest absolute Gasteiger partial charge is 0.102 e. The van der Waals surface area contributed by atoms with Crippen molar-refractivity contribution in [3.8, 4) is 0 Å². The van der Waals surface area contributed by atoms with E-state index < -0.39 is 0 Å². The van der Waals surface area contributed by atoms with E-state index in [4.69, 9.17) is 0 Å². The van der Waals surface area contributed by atoms with Crippen molar-refractivity contribution in [3.63, 3.8) is 0 Å². The molecular formula is C8H16FN. The summed E-state index contributed by atoms with van der Waals surface area (Å²) in [7, 11) is 0. The number of piperidine rings is 1. The first kappa shape index (κ1) is 7.99. The molecule has 0 radical (unpaired) electrons. The topological polar surface area (TPSA) is 3.24 Å². The Labute approximate surface area is 62.2 Å². The molecule has 0 unspecified atom stereocenters. The van der Waals surface area contributed by atoms with Crippen molar-refractivity contribution in [3.05, 3.63) is 0 Å². The van der Waals surface area contributed by atoms with E-state index in [-0.39, 0.29) is 6.67 Å². The summed E-state index contributed by atoms with van der Waals surface area (Å²) in [6.45, 7) is 3.74. The maximum absolute atomic E-state index is 11.9. The van der Waals surface area contributed by atoms with E-state index in [0.29, 0.717) is 12.6 Å². The van der Waals surface area contributed by atoms with Gasteiger partial charge in [0.05, 0.1) is 0 Å². The molecule has 0 aromatic heterocycles. The first-order valence-corrected chi connectivity index (χ1v) is 4.14. The first-order valence-electron chi connectivity index (χ1n) is 4.14. The maximum Gasteiger partial charge on any atom is 0.102 e. The number of rotatable bonds is 2. The van der Waals surface area contributed by atoms with Crippen LogP contribution in [0.25, 0.3) is 0 Å². The lowest BCUT2D eigenvalue weighted by Crippen LogP contribution is -2.38. The molecule has 0 aromatic carbocycles. The van der Waals surface area contributed by atoms with Gasteiger partial charge in [-0.1, -0.05) is 6.42 Å². The molecule has 1 aliphatic rings. The van der Waals surface area contributed by atoms with Crippen LogP contribution in [0.2, 0.25) is 0 Å². The van der Waals surface area contributed by atoms with Crippen LogP contribution in [0.3, 0.4) is 0 Å². The van der Waals surface area contributed by atoms with Gasteiger partial charge in [-0.3, -0.25) is 4.90 Å². The van der Waals surface area contributed by atoms with Gasteiger partial charge in [0.15, 0.2) is 0 Å². The van der Waals surface area contributed by atoms with Crippen LogP contribution >= 0.6 is 0 Å². The van der Waals surface area contributed by atoms with E-state index in [9.17, 15) is 4.39 Å². The van der Waals surface area contributed by atoms with Crippen molar-refractivity contribution in [1.82, 2.24) is 4.90 Å². The quantitative estimate of drug-likeness (QED) is 0.573. The zero-order valence-electron chi connectivity index (χ0n) is 6.65. The molecule has 0 aromatic rings. The minimum Gasteiger partial charge on any atom is -0.298 e. The Kier molecular flexibility index (Phi) is 3.13. The van der Waals surface area contributed by atoms with E-state index in [1.807, 2.05) is 0 Å². The highest BCUT2D eigenvalue weighted by Gasteiger charge is 2.16. The van der Waals surface area contributed by atoms with Gasteiger partial charge >= 0.3 is 0 Å². The second-order valence-electron chi connectivity index (χ2n) is 3.07. The number of halogens is 1. The van der Waals surface area contributed by atoms with Crippen LogP contribution in [-0.4, -0.2) is 30.7 Å². The van der Waals surface area contributed by atoms with Gasteiger partial charge in [0.1, 0.15) is 6.67 Å². The average Bonchev–Trinajstić information content (AvgIpc) is 1.94. The van der Waals surface area contributed by atoms with Crippen molar-refractivity contribution in [2.24, 2.45) is 0 Å². The molecule has 0 N–H and O–H groups in total. The van der Waals surface area contributed by atoms with E-state index in [1.165, 1.54) is 19.3 Å². The molecule has 0 amide bonds. The summed E-state index contributed by atoms with van der Waals surface area (Å²) in [6.07, 6.45) is 3.83. The highest BCUT2D eigenvalue weighted by atomic mass is 19.1. The summed E-state index contributed by atoms with van der Waals surface area (Å²) in [5, 5.41) is 0. The Bertz CT molecular complexity index is 93.3. The second kappa shape index (κ2) is 3.91.